The molecule has 0 aromatic heterocycles. The van der Waals surface area contributed by atoms with E-state index >= 15 is 0 Å². The van der Waals surface area contributed by atoms with Crippen molar-refractivity contribution in [2.24, 2.45) is 0 Å². The summed E-state index contributed by atoms with van der Waals surface area (Å²) in [6.07, 6.45) is 1.02. The lowest BCUT2D eigenvalue weighted by atomic mass is 10.1. The Morgan fingerprint density at radius 2 is 1.52 bits per heavy atom. The van der Waals surface area contributed by atoms with Gasteiger partial charge in [-0.2, -0.15) is 13.2 Å². The minimum atomic E-state index is -4.39. The van der Waals surface area contributed by atoms with Gasteiger partial charge in [0, 0.05) is 18.9 Å². The maximum atomic E-state index is 13.2. The molecule has 0 radical (unpaired) electrons. The molecule has 0 saturated heterocycles. The average molecular weight is 426 g/mol. The Morgan fingerprint density at radius 1 is 0.897 bits per heavy atom. The highest BCUT2D eigenvalue weighted by Crippen LogP contribution is 2.30. The SMILES string of the molecule is CCCC(F)(F)CCCOc1ccc(C(F)(F)F)cc1.CCCCC(CC)NC. The second-order valence-electron chi connectivity index (χ2n) is 7.12. The molecule has 1 aromatic carbocycles. The molecule has 1 aromatic rings. The molecular formula is C22H36F5NO. The van der Waals surface area contributed by atoms with Gasteiger partial charge in [-0.15, -0.1) is 0 Å². The second kappa shape index (κ2) is 14.6. The van der Waals surface area contributed by atoms with Crippen LogP contribution >= 0.6 is 0 Å². The molecule has 0 saturated carbocycles. The summed E-state index contributed by atoms with van der Waals surface area (Å²) in [7, 11) is 2.05. The molecule has 0 aliphatic rings. The Morgan fingerprint density at radius 3 is 1.97 bits per heavy atom. The summed E-state index contributed by atoms with van der Waals surface area (Å²) < 4.78 is 68.4. The highest BCUT2D eigenvalue weighted by atomic mass is 19.4. The Kier molecular flexibility index (Phi) is 13.9. The Balaban J connectivity index is 0.000000734. The van der Waals surface area contributed by atoms with E-state index in [9.17, 15) is 22.0 Å². The van der Waals surface area contributed by atoms with Gasteiger partial charge in [0.05, 0.1) is 12.2 Å². The molecule has 29 heavy (non-hydrogen) atoms. The molecule has 0 spiro atoms. The summed E-state index contributed by atoms with van der Waals surface area (Å²) in [6.45, 7) is 6.22. The first-order valence-corrected chi connectivity index (χ1v) is 10.4. The number of alkyl halides is 5. The zero-order valence-corrected chi connectivity index (χ0v) is 18.0. The van der Waals surface area contributed by atoms with Crippen LogP contribution in [0.4, 0.5) is 22.0 Å². The first-order valence-electron chi connectivity index (χ1n) is 10.4. The molecule has 2 nitrogen and oxygen atoms in total. The summed E-state index contributed by atoms with van der Waals surface area (Å²) >= 11 is 0. The summed E-state index contributed by atoms with van der Waals surface area (Å²) in [5, 5.41) is 3.29. The van der Waals surface area contributed by atoms with E-state index in [-0.39, 0.29) is 31.6 Å². The van der Waals surface area contributed by atoms with Gasteiger partial charge in [0.2, 0.25) is 5.92 Å². The third kappa shape index (κ3) is 13.5. The average Bonchev–Trinajstić information content (AvgIpc) is 2.66. The number of hydrogen-bond acceptors (Lipinski definition) is 2. The minimum absolute atomic E-state index is 0.0602. The van der Waals surface area contributed by atoms with E-state index in [1.165, 1.54) is 37.8 Å². The van der Waals surface area contributed by atoms with Gasteiger partial charge in [0.15, 0.2) is 0 Å². The van der Waals surface area contributed by atoms with Crippen LogP contribution in [0.2, 0.25) is 0 Å². The largest absolute Gasteiger partial charge is 0.494 e. The fourth-order valence-corrected chi connectivity index (χ4v) is 2.75. The van der Waals surface area contributed by atoms with Crippen LogP contribution in [0, 0.1) is 0 Å². The molecule has 0 amide bonds. The molecule has 0 aliphatic carbocycles. The van der Waals surface area contributed by atoms with Crippen molar-refractivity contribution in [3.63, 3.8) is 0 Å². The quantitative estimate of drug-likeness (QED) is 0.277. The lowest BCUT2D eigenvalue weighted by Gasteiger charge is -2.15. The number of ether oxygens (including phenoxy) is 1. The number of hydrogen-bond donors (Lipinski definition) is 1. The molecule has 0 bridgehead atoms. The van der Waals surface area contributed by atoms with Crippen molar-refractivity contribution in [2.75, 3.05) is 13.7 Å². The van der Waals surface area contributed by atoms with Crippen molar-refractivity contribution in [3.8, 4) is 5.75 Å². The van der Waals surface area contributed by atoms with Gasteiger partial charge >= 0.3 is 6.18 Å². The third-order valence-electron chi connectivity index (χ3n) is 4.56. The van der Waals surface area contributed by atoms with E-state index in [2.05, 4.69) is 19.2 Å². The van der Waals surface area contributed by atoms with E-state index in [1.807, 2.05) is 7.05 Å². The van der Waals surface area contributed by atoms with Crippen molar-refractivity contribution >= 4 is 0 Å². The second-order valence-corrected chi connectivity index (χ2v) is 7.12. The van der Waals surface area contributed by atoms with E-state index in [0.29, 0.717) is 6.42 Å². The first kappa shape index (κ1) is 27.6. The number of halogens is 5. The zero-order valence-electron chi connectivity index (χ0n) is 18.0. The maximum Gasteiger partial charge on any atom is 0.416 e. The van der Waals surface area contributed by atoms with Crippen molar-refractivity contribution in [3.05, 3.63) is 29.8 Å². The number of unbranched alkanes of at least 4 members (excludes halogenated alkanes) is 1. The zero-order chi connectivity index (χ0) is 22.3. The number of rotatable bonds is 12. The molecule has 170 valence electrons. The lowest BCUT2D eigenvalue weighted by molar-refractivity contribution is -0.137. The summed E-state index contributed by atoms with van der Waals surface area (Å²) in [6, 6.07) is 4.94. The molecule has 0 fully saturated rings. The fraction of sp³-hybridized carbons (Fsp3) is 0.727. The van der Waals surface area contributed by atoms with Crippen molar-refractivity contribution in [1.82, 2.24) is 5.32 Å². The normalized spacial score (nSPS) is 12.9. The van der Waals surface area contributed by atoms with Crippen LogP contribution in [0.3, 0.4) is 0 Å². The van der Waals surface area contributed by atoms with Gasteiger partial charge in [0.1, 0.15) is 5.75 Å². The summed E-state index contributed by atoms with van der Waals surface area (Å²) in [4.78, 5) is 0. The van der Waals surface area contributed by atoms with Gasteiger partial charge in [-0.1, -0.05) is 40.0 Å². The first-order chi connectivity index (χ1) is 13.6. The molecule has 0 heterocycles. The smallest absolute Gasteiger partial charge is 0.416 e. The van der Waals surface area contributed by atoms with E-state index in [4.69, 9.17) is 4.74 Å². The lowest BCUT2D eigenvalue weighted by Crippen LogP contribution is -2.23. The van der Waals surface area contributed by atoms with Gasteiger partial charge in [-0.3, -0.25) is 0 Å². The Bertz CT molecular complexity index is 513. The van der Waals surface area contributed by atoms with Gasteiger partial charge in [-0.05, 0) is 50.6 Å². The monoisotopic (exact) mass is 425 g/mol. The molecule has 7 heteroatoms. The van der Waals surface area contributed by atoms with Crippen molar-refractivity contribution in [1.29, 1.82) is 0 Å². The van der Waals surface area contributed by atoms with Gasteiger partial charge in [0.25, 0.3) is 0 Å². The molecular weight excluding hydrogens is 389 g/mol. The molecule has 1 atom stereocenters. The summed E-state index contributed by atoms with van der Waals surface area (Å²) in [5.41, 5.74) is -0.765. The van der Waals surface area contributed by atoms with Crippen LogP contribution in [0.15, 0.2) is 24.3 Å². The Hall–Kier alpha value is -1.37. The number of nitrogens with one attached hydrogen (secondary N) is 1. The van der Waals surface area contributed by atoms with Crippen molar-refractivity contribution < 1.29 is 26.7 Å². The van der Waals surface area contributed by atoms with Crippen LogP contribution in [0.25, 0.3) is 0 Å². The Labute approximate surface area is 172 Å². The van der Waals surface area contributed by atoms with Crippen LogP contribution in [0.1, 0.15) is 77.7 Å². The predicted octanol–water partition coefficient (Wildman–Crippen LogP) is 7.47. The van der Waals surface area contributed by atoms with E-state index in [1.54, 1.807) is 6.92 Å². The maximum absolute atomic E-state index is 13.2. The summed E-state index contributed by atoms with van der Waals surface area (Å²) in [5.74, 6) is -2.45. The van der Waals surface area contributed by atoms with Crippen LogP contribution in [-0.2, 0) is 6.18 Å². The third-order valence-corrected chi connectivity index (χ3v) is 4.56. The minimum Gasteiger partial charge on any atom is -0.494 e. The van der Waals surface area contributed by atoms with E-state index in [0.717, 1.165) is 18.2 Å². The number of benzene rings is 1. The highest BCUT2D eigenvalue weighted by Gasteiger charge is 2.30. The van der Waals surface area contributed by atoms with Crippen LogP contribution in [-0.4, -0.2) is 25.6 Å². The highest BCUT2D eigenvalue weighted by molar-refractivity contribution is 5.28. The van der Waals surface area contributed by atoms with Crippen LogP contribution in [0.5, 0.6) is 5.75 Å². The molecule has 0 aliphatic heterocycles. The van der Waals surface area contributed by atoms with Crippen molar-refractivity contribution in [2.45, 2.75) is 90.3 Å². The standard InChI is InChI=1S/C14H17F5O.C8H19N/c1-2-8-13(15,16)9-3-10-20-12-6-4-11(5-7-12)14(17,18)19;1-4-6-7-8(5-2)9-3/h4-7H,2-3,8-10H2,1H3;8-9H,4-7H2,1-3H3. The molecule has 1 unspecified atom stereocenters. The molecule has 1 rings (SSSR count). The van der Waals surface area contributed by atoms with E-state index < -0.39 is 17.7 Å². The fourth-order valence-electron chi connectivity index (χ4n) is 2.75. The molecule has 1 N–H and O–H groups in total. The predicted molar refractivity (Wildman–Crippen MR) is 109 cm³/mol. The topological polar surface area (TPSA) is 21.3 Å². The van der Waals surface area contributed by atoms with Gasteiger partial charge < -0.3 is 10.1 Å². The van der Waals surface area contributed by atoms with Crippen LogP contribution < -0.4 is 10.1 Å². The van der Waals surface area contributed by atoms with Gasteiger partial charge in [-0.25, -0.2) is 8.78 Å².